The van der Waals surface area contributed by atoms with Crippen LogP contribution in [-0.2, 0) is 11.3 Å². The summed E-state index contributed by atoms with van der Waals surface area (Å²) in [6.07, 6.45) is 0. The van der Waals surface area contributed by atoms with Crippen LogP contribution in [0.5, 0.6) is 17.2 Å². The second kappa shape index (κ2) is 12.0. The van der Waals surface area contributed by atoms with Crippen molar-refractivity contribution in [3.05, 3.63) is 53.8 Å². The Morgan fingerprint density at radius 1 is 1.07 bits per heavy atom. The average molecular weight is 419 g/mol. The maximum atomic E-state index is 13.2. The topological polar surface area (TPSA) is 60.0 Å². The number of methoxy groups -OCH3 is 2. The summed E-state index contributed by atoms with van der Waals surface area (Å²) in [5.41, 5.74) is 0.930. The number of hydrogen-bond donors (Lipinski definition) is 1. The van der Waals surface area contributed by atoms with E-state index in [4.69, 9.17) is 14.2 Å². The van der Waals surface area contributed by atoms with Crippen LogP contribution >= 0.6 is 0 Å². The van der Waals surface area contributed by atoms with Gasteiger partial charge in [0.15, 0.2) is 11.5 Å². The fourth-order valence-corrected chi connectivity index (χ4v) is 2.84. The Morgan fingerprint density at radius 3 is 2.40 bits per heavy atom. The van der Waals surface area contributed by atoms with Crippen molar-refractivity contribution in [1.29, 1.82) is 0 Å². The van der Waals surface area contributed by atoms with Crippen molar-refractivity contribution in [2.45, 2.75) is 20.4 Å². The van der Waals surface area contributed by atoms with Crippen molar-refractivity contribution < 1.29 is 23.4 Å². The summed E-state index contributed by atoms with van der Waals surface area (Å²) < 4.78 is 29.6. The highest BCUT2D eigenvalue weighted by atomic mass is 19.1. The number of nitrogens with zero attached hydrogens (tertiary/aromatic N) is 1. The van der Waals surface area contributed by atoms with Gasteiger partial charge in [0.05, 0.1) is 20.8 Å². The number of benzene rings is 2. The smallest absolute Gasteiger partial charge is 0.234 e. The van der Waals surface area contributed by atoms with E-state index in [1.54, 1.807) is 44.6 Å². The third-order valence-corrected chi connectivity index (χ3v) is 4.43. The lowest BCUT2D eigenvalue weighted by atomic mass is 10.2. The van der Waals surface area contributed by atoms with Crippen molar-refractivity contribution in [2.24, 2.45) is 5.92 Å². The van der Waals surface area contributed by atoms with Gasteiger partial charge in [-0.3, -0.25) is 9.69 Å². The van der Waals surface area contributed by atoms with Crippen LogP contribution in [0.4, 0.5) is 4.39 Å². The highest BCUT2D eigenvalue weighted by molar-refractivity contribution is 5.78. The zero-order chi connectivity index (χ0) is 21.9. The van der Waals surface area contributed by atoms with E-state index in [2.05, 4.69) is 5.32 Å². The summed E-state index contributed by atoms with van der Waals surface area (Å²) in [6.45, 7) is 6.39. The third kappa shape index (κ3) is 7.91. The first-order valence-corrected chi connectivity index (χ1v) is 9.99. The first-order chi connectivity index (χ1) is 14.4. The van der Waals surface area contributed by atoms with Crippen LogP contribution in [0.25, 0.3) is 0 Å². The first-order valence-electron chi connectivity index (χ1n) is 9.99. The van der Waals surface area contributed by atoms with E-state index in [0.717, 1.165) is 5.56 Å². The van der Waals surface area contributed by atoms with Gasteiger partial charge in [0.1, 0.15) is 18.2 Å². The van der Waals surface area contributed by atoms with Gasteiger partial charge in [0, 0.05) is 25.7 Å². The van der Waals surface area contributed by atoms with Crippen LogP contribution in [0.3, 0.4) is 0 Å². The monoisotopic (exact) mass is 418 g/mol. The number of nitrogens with one attached hydrogen (secondary N) is 1. The first kappa shape index (κ1) is 23.5. The third-order valence-electron chi connectivity index (χ3n) is 4.43. The molecule has 7 heteroatoms. The normalized spacial score (nSPS) is 10.9. The SMILES string of the molecule is COc1ccc(OCCN(CC(=O)NCC(C)C)Cc2ccc(F)cc2)cc1OC. The Labute approximate surface area is 177 Å². The minimum atomic E-state index is -0.281. The highest BCUT2D eigenvalue weighted by Gasteiger charge is 2.13. The van der Waals surface area contributed by atoms with Gasteiger partial charge in [-0.1, -0.05) is 26.0 Å². The van der Waals surface area contributed by atoms with Crippen LogP contribution in [0.2, 0.25) is 0 Å². The van der Waals surface area contributed by atoms with Gasteiger partial charge in [-0.25, -0.2) is 4.39 Å². The van der Waals surface area contributed by atoms with Crippen molar-refractivity contribution >= 4 is 5.91 Å². The predicted octanol–water partition coefficient (Wildman–Crippen LogP) is 3.50. The number of carbonyl (C=O) groups is 1. The van der Waals surface area contributed by atoms with Crippen molar-refractivity contribution in [3.63, 3.8) is 0 Å². The lowest BCUT2D eigenvalue weighted by Crippen LogP contribution is -2.40. The van der Waals surface area contributed by atoms with E-state index in [9.17, 15) is 9.18 Å². The van der Waals surface area contributed by atoms with Crippen molar-refractivity contribution in [3.8, 4) is 17.2 Å². The van der Waals surface area contributed by atoms with E-state index in [0.29, 0.717) is 49.4 Å². The molecule has 2 aromatic rings. The van der Waals surface area contributed by atoms with Gasteiger partial charge in [-0.15, -0.1) is 0 Å². The summed E-state index contributed by atoms with van der Waals surface area (Å²) in [4.78, 5) is 14.3. The molecule has 2 rings (SSSR count). The second-order valence-corrected chi connectivity index (χ2v) is 7.40. The number of amides is 1. The summed E-state index contributed by atoms with van der Waals surface area (Å²) in [5, 5.41) is 2.93. The lowest BCUT2D eigenvalue weighted by Gasteiger charge is -2.22. The molecule has 0 aliphatic rings. The Kier molecular flexibility index (Phi) is 9.41. The molecule has 1 N–H and O–H groups in total. The quantitative estimate of drug-likeness (QED) is 0.572. The van der Waals surface area contributed by atoms with E-state index < -0.39 is 0 Å². The molecule has 0 atom stereocenters. The predicted molar refractivity (Wildman–Crippen MR) is 115 cm³/mol. The molecule has 0 saturated carbocycles. The fourth-order valence-electron chi connectivity index (χ4n) is 2.84. The van der Waals surface area contributed by atoms with Gasteiger partial charge in [0.2, 0.25) is 5.91 Å². The highest BCUT2D eigenvalue weighted by Crippen LogP contribution is 2.30. The van der Waals surface area contributed by atoms with Gasteiger partial charge >= 0.3 is 0 Å². The maximum Gasteiger partial charge on any atom is 0.234 e. The molecule has 0 radical (unpaired) electrons. The standard InChI is InChI=1S/C23H31FN2O4/c1-17(2)14-25-23(27)16-26(15-18-5-7-19(24)8-6-18)11-12-30-20-9-10-21(28-3)22(13-20)29-4/h5-10,13,17H,11-12,14-16H2,1-4H3,(H,25,27). The molecule has 0 aliphatic carbocycles. The summed E-state index contributed by atoms with van der Waals surface area (Å²) in [6, 6.07) is 11.6. The molecule has 164 valence electrons. The Balaban J connectivity index is 1.97. The number of rotatable bonds is 12. The fraction of sp³-hybridized carbons (Fsp3) is 0.435. The zero-order valence-corrected chi connectivity index (χ0v) is 18.1. The number of hydrogen-bond acceptors (Lipinski definition) is 5. The molecule has 1 amide bonds. The van der Waals surface area contributed by atoms with Crippen molar-refractivity contribution in [1.82, 2.24) is 10.2 Å². The molecule has 0 fully saturated rings. The molecule has 0 bridgehead atoms. The Morgan fingerprint density at radius 2 is 1.77 bits per heavy atom. The maximum absolute atomic E-state index is 13.2. The van der Waals surface area contributed by atoms with Crippen LogP contribution in [0, 0.1) is 11.7 Å². The molecule has 0 unspecified atom stereocenters. The van der Waals surface area contributed by atoms with Crippen LogP contribution < -0.4 is 19.5 Å². The van der Waals surface area contributed by atoms with E-state index in [1.807, 2.05) is 18.7 Å². The van der Waals surface area contributed by atoms with Crippen LogP contribution in [-0.4, -0.2) is 51.3 Å². The van der Waals surface area contributed by atoms with Gasteiger partial charge < -0.3 is 19.5 Å². The molecular weight excluding hydrogens is 387 g/mol. The number of ether oxygens (including phenoxy) is 3. The summed E-state index contributed by atoms with van der Waals surface area (Å²) in [7, 11) is 3.15. The number of carbonyl (C=O) groups excluding carboxylic acids is 1. The molecular formula is C23H31FN2O4. The molecule has 2 aromatic carbocycles. The Hall–Kier alpha value is -2.80. The minimum absolute atomic E-state index is 0.0445. The molecule has 0 spiro atoms. The van der Waals surface area contributed by atoms with E-state index >= 15 is 0 Å². The molecule has 30 heavy (non-hydrogen) atoms. The van der Waals surface area contributed by atoms with Crippen molar-refractivity contribution in [2.75, 3.05) is 40.5 Å². The molecule has 0 aromatic heterocycles. The summed E-state index contributed by atoms with van der Waals surface area (Å²) >= 11 is 0. The largest absolute Gasteiger partial charge is 0.493 e. The lowest BCUT2D eigenvalue weighted by molar-refractivity contribution is -0.122. The van der Waals surface area contributed by atoms with Crippen LogP contribution in [0.1, 0.15) is 19.4 Å². The van der Waals surface area contributed by atoms with E-state index in [-0.39, 0.29) is 18.3 Å². The minimum Gasteiger partial charge on any atom is -0.493 e. The average Bonchev–Trinajstić information content (AvgIpc) is 2.73. The molecule has 0 saturated heterocycles. The summed E-state index contributed by atoms with van der Waals surface area (Å²) in [5.74, 6) is 1.93. The van der Waals surface area contributed by atoms with Gasteiger partial charge in [-0.05, 0) is 35.7 Å². The number of halogens is 1. The van der Waals surface area contributed by atoms with Gasteiger partial charge in [0.25, 0.3) is 0 Å². The zero-order valence-electron chi connectivity index (χ0n) is 18.1. The van der Waals surface area contributed by atoms with Crippen LogP contribution in [0.15, 0.2) is 42.5 Å². The van der Waals surface area contributed by atoms with E-state index in [1.165, 1.54) is 12.1 Å². The second-order valence-electron chi connectivity index (χ2n) is 7.40. The Bertz CT molecular complexity index is 796. The molecule has 0 heterocycles. The molecule has 6 nitrogen and oxygen atoms in total. The molecule has 0 aliphatic heterocycles. The van der Waals surface area contributed by atoms with Gasteiger partial charge in [-0.2, -0.15) is 0 Å².